The number of thiol groups is 1. The summed E-state index contributed by atoms with van der Waals surface area (Å²) in [5.74, 6) is -1.10. The highest BCUT2D eigenvalue weighted by Crippen LogP contribution is 2.25. The normalized spacial score (nSPS) is 20.9. The molecule has 0 aliphatic carbocycles. The molecule has 2 heterocycles. The standard InChI is InChI=1S/C11H15N3O3S/c15-10(4-9(18)7-5-12-6-13-7)14-3-1-2-8(14)11(16)17/h5-6,8-9,18H,1-4H2,(H,12,13)(H,16,17)/t8-,9?/m0/s1. The first-order valence-electron chi connectivity index (χ1n) is 5.78. The minimum atomic E-state index is -0.932. The van der Waals surface area contributed by atoms with Gasteiger partial charge in [-0.1, -0.05) is 0 Å². The summed E-state index contributed by atoms with van der Waals surface area (Å²) >= 11 is 4.33. The second-order valence-electron chi connectivity index (χ2n) is 4.31. The maximum absolute atomic E-state index is 12.0. The summed E-state index contributed by atoms with van der Waals surface area (Å²) in [5, 5.41) is 8.74. The smallest absolute Gasteiger partial charge is 0.326 e. The number of H-pyrrole nitrogens is 1. The second kappa shape index (κ2) is 5.43. The van der Waals surface area contributed by atoms with Crippen LogP contribution >= 0.6 is 12.6 Å². The molecule has 18 heavy (non-hydrogen) atoms. The number of carbonyl (C=O) groups excluding carboxylic acids is 1. The van der Waals surface area contributed by atoms with E-state index in [1.807, 2.05) is 0 Å². The maximum Gasteiger partial charge on any atom is 0.326 e. The molecule has 0 saturated carbocycles. The zero-order chi connectivity index (χ0) is 13.1. The maximum atomic E-state index is 12.0. The van der Waals surface area contributed by atoms with Gasteiger partial charge in [0.05, 0.1) is 11.6 Å². The predicted octanol–water partition coefficient (Wildman–Crippen LogP) is 0.846. The SMILES string of the molecule is O=C(O)[C@@H]1CCCN1C(=O)CC(S)c1cnc[nH]1. The average Bonchev–Trinajstić information content (AvgIpc) is 3.00. The summed E-state index contributed by atoms with van der Waals surface area (Å²) in [6.45, 7) is 0.513. The van der Waals surface area contributed by atoms with Crippen molar-refractivity contribution in [2.75, 3.05) is 6.54 Å². The van der Waals surface area contributed by atoms with Crippen LogP contribution in [0, 0.1) is 0 Å². The highest BCUT2D eigenvalue weighted by Gasteiger charge is 2.34. The number of imidazole rings is 1. The van der Waals surface area contributed by atoms with E-state index in [1.165, 1.54) is 11.2 Å². The molecule has 2 atom stereocenters. The van der Waals surface area contributed by atoms with Crippen LogP contribution in [0.4, 0.5) is 0 Å². The number of carboxylic acids is 1. The fourth-order valence-electron chi connectivity index (χ4n) is 2.16. The van der Waals surface area contributed by atoms with Gasteiger partial charge in [-0.05, 0) is 12.8 Å². The van der Waals surface area contributed by atoms with Crippen LogP contribution in [0.5, 0.6) is 0 Å². The van der Waals surface area contributed by atoms with Gasteiger partial charge in [0.25, 0.3) is 0 Å². The lowest BCUT2D eigenvalue weighted by Crippen LogP contribution is -2.40. The Morgan fingerprint density at radius 2 is 2.44 bits per heavy atom. The van der Waals surface area contributed by atoms with Gasteiger partial charge in [-0.25, -0.2) is 9.78 Å². The Morgan fingerprint density at radius 1 is 1.67 bits per heavy atom. The lowest BCUT2D eigenvalue weighted by Gasteiger charge is -2.22. The molecule has 1 aliphatic heterocycles. The topological polar surface area (TPSA) is 86.3 Å². The number of hydrogen-bond donors (Lipinski definition) is 3. The van der Waals surface area contributed by atoms with E-state index in [9.17, 15) is 9.59 Å². The van der Waals surface area contributed by atoms with Gasteiger partial charge in [0.2, 0.25) is 5.91 Å². The molecule has 1 aromatic heterocycles. The number of aliphatic carboxylic acids is 1. The molecule has 2 rings (SSSR count). The van der Waals surface area contributed by atoms with Gasteiger partial charge < -0.3 is 15.0 Å². The van der Waals surface area contributed by atoms with Crippen molar-refractivity contribution >= 4 is 24.5 Å². The van der Waals surface area contributed by atoms with E-state index < -0.39 is 12.0 Å². The van der Waals surface area contributed by atoms with Crippen LogP contribution < -0.4 is 0 Å². The molecule has 0 radical (unpaired) electrons. The Balaban J connectivity index is 1.97. The number of carbonyl (C=O) groups is 2. The summed E-state index contributed by atoms with van der Waals surface area (Å²) < 4.78 is 0. The molecule has 1 aromatic rings. The summed E-state index contributed by atoms with van der Waals surface area (Å²) in [6, 6.07) is -0.681. The largest absolute Gasteiger partial charge is 0.480 e. The Bertz CT molecular complexity index is 435. The van der Waals surface area contributed by atoms with Crippen LogP contribution in [-0.4, -0.2) is 44.4 Å². The van der Waals surface area contributed by atoms with Gasteiger partial charge in [0.15, 0.2) is 0 Å². The van der Waals surface area contributed by atoms with Crippen molar-refractivity contribution in [3.05, 3.63) is 18.2 Å². The third-order valence-electron chi connectivity index (χ3n) is 3.10. The van der Waals surface area contributed by atoms with Gasteiger partial charge in [-0.3, -0.25) is 4.79 Å². The predicted molar refractivity (Wildman–Crippen MR) is 67.3 cm³/mol. The van der Waals surface area contributed by atoms with E-state index >= 15 is 0 Å². The fourth-order valence-corrected chi connectivity index (χ4v) is 2.46. The molecule has 98 valence electrons. The molecule has 0 bridgehead atoms. The zero-order valence-corrected chi connectivity index (χ0v) is 10.6. The minimum Gasteiger partial charge on any atom is -0.480 e. The highest BCUT2D eigenvalue weighted by molar-refractivity contribution is 7.80. The summed E-state index contributed by atoms with van der Waals surface area (Å²) in [5.41, 5.74) is 0.762. The zero-order valence-electron chi connectivity index (χ0n) is 9.74. The summed E-state index contributed by atoms with van der Waals surface area (Å²) in [4.78, 5) is 31.2. The van der Waals surface area contributed by atoms with E-state index in [2.05, 4.69) is 22.6 Å². The van der Waals surface area contributed by atoms with E-state index in [0.717, 1.165) is 12.1 Å². The molecule has 6 nitrogen and oxygen atoms in total. The monoisotopic (exact) mass is 269 g/mol. The van der Waals surface area contributed by atoms with Crippen molar-refractivity contribution in [3.8, 4) is 0 Å². The second-order valence-corrected chi connectivity index (χ2v) is 4.93. The van der Waals surface area contributed by atoms with Gasteiger partial charge >= 0.3 is 5.97 Å². The molecule has 2 N–H and O–H groups in total. The molecule has 0 aromatic carbocycles. The Kier molecular flexibility index (Phi) is 3.90. The van der Waals surface area contributed by atoms with E-state index in [1.54, 1.807) is 6.20 Å². The number of aromatic nitrogens is 2. The summed E-state index contributed by atoms with van der Waals surface area (Å²) in [6.07, 6.45) is 4.59. The van der Waals surface area contributed by atoms with Crippen molar-refractivity contribution in [2.24, 2.45) is 0 Å². The quantitative estimate of drug-likeness (QED) is 0.707. The highest BCUT2D eigenvalue weighted by atomic mass is 32.1. The number of hydrogen-bond acceptors (Lipinski definition) is 4. The number of likely N-dealkylation sites (tertiary alicyclic amines) is 1. The van der Waals surface area contributed by atoms with Crippen LogP contribution in [-0.2, 0) is 9.59 Å². The van der Waals surface area contributed by atoms with Gasteiger partial charge in [-0.15, -0.1) is 0 Å². The molecular formula is C11H15N3O3S. The van der Waals surface area contributed by atoms with Crippen molar-refractivity contribution in [3.63, 3.8) is 0 Å². The van der Waals surface area contributed by atoms with Crippen LogP contribution in [0.1, 0.15) is 30.2 Å². The van der Waals surface area contributed by atoms with Crippen LogP contribution in [0.3, 0.4) is 0 Å². The molecule has 1 unspecified atom stereocenters. The van der Waals surface area contributed by atoms with Gasteiger partial charge in [0, 0.05) is 24.9 Å². The summed E-state index contributed by atoms with van der Waals surface area (Å²) in [7, 11) is 0. The van der Waals surface area contributed by atoms with Crippen molar-refractivity contribution in [1.82, 2.24) is 14.9 Å². The Hall–Kier alpha value is -1.50. The minimum absolute atomic E-state index is 0.172. The lowest BCUT2D eigenvalue weighted by molar-refractivity contribution is -0.148. The average molecular weight is 269 g/mol. The molecule has 1 aliphatic rings. The van der Waals surface area contributed by atoms with Gasteiger partial charge in [-0.2, -0.15) is 12.6 Å². The van der Waals surface area contributed by atoms with E-state index in [4.69, 9.17) is 5.11 Å². The molecule has 0 spiro atoms. The number of nitrogens with one attached hydrogen (secondary N) is 1. The number of aromatic amines is 1. The van der Waals surface area contributed by atoms with Gasteiger partial charge in [0.1, 0.15) is 6.04 Å². The number of carboxylic acid groups (broad SMARTS) is 1. The molecular weight excluding hydrogens is 254 g/mol. The van der Waals surface area contributed by atoms with Crippen molar-refractivity contribution in [2.45, 2.75) is 30.6 Å². The number of nitrogens with zero attached hydrogens (tertiary/aromatic N) is 2. The van der Waals surface area contributed by atoms with E-state index in [-0.39, 0.29) is 17.6 Å². The Labute approximate surface area is 110 Å². The van der Waals surface area contributed by atoms with Crippen molar-refractivity contribution < 1.29 is 14.7 Å². The molecule has 1 saturated heterocycles. The number of rotatable bonds is 4. The first-order valence-corrected chi connectivity index (χ1v) is 6.30. The third kappa shape index (κ3) is 2.66. The van der Waals surface area contributed by atoms with Crippen LogP contribution in [0.2, 0.25) is 0 Å². The molecule has 1 amide bonds. The van der Waals surface area contributed by atoms with Crippen LogP contribution in [0.25, 0.3) is 0 Å². The Morgan fingerprint density at radius 3 is 3.06 bits per heavy atom. The van der Waals surface area contributed by atoms with E-state index in [0.29, 0.717) is 13.0 Å². The lowest BCUT2D eigenvalue weighted by atomic mass is 10.2. The molecule has 7 heteroatoms. The fraction of sp³-hybridized carbons (Fsp3) is 0.545. The first kappa shape index (κ1) is 12.9. The first-order chi connectivity index (χ1) is 8.59. The van der Waals surface area contributed by atoms with Crippen molar-refractivity contribution in [1.29, 1.82) is 0 Å². The van der Waals surface area contributed by atoms with Crippen LogP contribution in [0.15, 0.2) is 12.5 Å². The number of amides is 1. The third-order valence-corrected chi connectivity index (χ3v) is 3.57. The molecule has 1 fully saturated rings.